The topological polar surface area (TPSA) is 120 Å². The van der Waals surface area contributed by atoms with Gasteiger partial charge in [0.15, 0.2) is 6.10 Å². The van der Waals surface area contributed by atoms with Crippen LogP contribution in [-0.4, -0.2) is 40.1 Å². The normalized spacial score (nSPS) is 12.2. The molecule has 5 aromatic carbocycles. The Hall–Kier alpha value is -6.75. The van der Waals surface area contributed by atoms with Gasteiger partial charge in [0.1, 0.15) is 12.6 Å². The number of carbonyl (C=O) groups excluding carboxylic acids is 3. The molecule has 2 N–H and O–H groups in total. The van der Waals surface area contributed by atoms with E-state index in [0.717, 1.165) is 47.0 Å². The highest BCUT2D eigenvalue weighted by Crippen LogP contribution is 2.34. The predicted molar refractivity (Wildman–Crippen MR) is 214 cm³/mol. The first-order chi connectivity index (χ1) is 27.6. The molecule has 0 fully saturated rings. The van der Waals surface area contributed by atoms with Crippen molar-refractivity contribution in [2.75, 3.05) is 5.32 Å². The fourth-order valence-corrected chi connectivity index (χ4v) is 6.27. The Labute approximate surface area is 330 Å². The van der Waals surface area contributed by atoms with Gasteiger partial charge >= 0.3 is 18.0 Å². The maximum atomic E-state index is 15.7. The number of hydrogen-bond donors (Lipinski definition) is 2. The van der Waals surface area contributed by atoms with Crippen molar-refractivity contribution >= 4 is 23.7 Å². The second-order valence-electron chi connectivity index (χ2n) is 13.4. The highest BCUT2D eigenvalue weighted by molar-refractivity contribution is 5.92. The van der Waals surface area contributed by atoms with Crippen LogP contribution in [0.2, 0.25) is 0 Å². The quantitative estimate of drug-likeness (QED) is 0.100. The first-order valence-corrected chi connectivity index (χ1v) is 18.6. The smallest absolute Gasteiger partial charge is 0.408 e. The van der Waals surface area contributed by atoms with Crippen molar-refractivity contribution in [1.29, 1.82) is 0 Å². The van der Waals surface area contributed by atoms with Gasteiger partial charge < -0.3 is 20.1 Å². The number of aryl methyl sites for hydroxylation is 1. The molecular formula is C46H42F2N4O5. The summed E-state index contributed by atoms with van der Waals surface area (Å²) in [5, 5.41) is 5.33. The summed E-state index contributed by atoms with van der Waals surface area (Å²) in [5.74, 6) is -4.96. The number of alkyl carbamates (subject to hydrolysis) is 1. The number of alkyl halides is 2. The van der Waals surface area contributed by atoms with Gasteiger partial charge in [-0.05, 0) is 47.7 Å². The van der Waals surface area contributed by atoms with E-state index in [9.17, 15) is 14.4 Å². The number of nitrogens with one attached hydrogen (secondary N) is 2. The number of rotatable bonds is 15. The van der Waals surface area contributed by atoms with Crippen LogP contribution in [0.1, 0.15) is 41.7 Å². The minimum absolute atomic E-state index is 0.00395. The largest absolute Gasteiger partial charge is 0.454 e. The fourth-order valence-electron chi connectivity index (χ4n) is 6.27. The van der Waals surface area contributed by atoms with Gasteiger partial charge in [0, 0.05) is 41.2 Å². The van der Waals surface area contributed by atoms with Crippen molar-refractivity contribution in [3.63, 3.8) is 0 Å². The first-order valence-electron chi connectivity index (χ1n) is 18.6. The summed E-state index contributed by atoms with van der Waals surface area (Å²) in [6.45, 7) is 3.14. The second-order valence-corrected chi connectivity index (χ2v) is 13.4. The highest BCUT2D eigenvalue weighted by atomic mass is 19.3. The molecule has 1 aromatic heterocycles. The lowest BCUT2D eigenvalue weighted by Crippen LogP contribution is -2.46. The summed E-state index contributed by atoms with van der Waals surface area (Å²) in [7, 11) is 0. The van der Waals surface area contributed by atoms with E-state index in [1.165, 1.54) is 24.3 Å². The molecule has 11 heteroatoms. The third-order valence-electron chi connectivity index (χ3n) is 9.37. The molecule has 0 spiro atoms. The molecule has 0 unspecified atom stereocenters. The van der Waals surface area contributed by atoms with E-state index in [1.54, 1.807) is 79.1 Å². The van der Waals surface area contributed by atoms with E-state index in [-0.39, 0.29) is 25.4 Å². The third-order valence-corrected chi connectivity index (χ3v) is 9.37. The zero-order valence-electron chi connectivity index (χ0n) is 31.5. The van der Waals surface area contributed by atoms with E-state index in [2.05, 4.69) is 33.6 Å². The van der Waals surface area contributed by atoms with Gasteiger partial charge in [-0.15, -0.1) is 0 Å². The average Bonchev–Trinajstić information content (AvgIpc) is 3.24. The number of aromatic nitrogens is 2. The van der Waals surface area contributed by atoms with Crippen LogP contribution in [0.4, 0.5) is 19.3 Å². The van der Waals surface area contributed by atoms with Crippen LogP contribution in [0.5, 0.6) is 0 Å². The molecule has 6 aromatic rings. The number of carbonyl (C=O) groups is 3. The molecule has 0 aliphatic carbocycles. The lowest BCUT2D eigenvalue weighted by molar-refractivity contribution is -0.175. The maximum absolute atomic E-state index is 15.7. The van der Waals surface area contributed by atoms with Crippen LogP contribution in [0.15, 0.2) is 146 Å². The Morgan fingerprint density at radius 2 is 1.33 bits per heavy atom. The van der Waals surface area contributed by atoms with Crippen LogP contribution < -0.4 is 10.6 Å². The van der Waals surface area contributed by atoms with Crippen molar-refractivity contribution in [1.82, 2.24) is 15.3 Å². The van der Waals surface area contributed by atoms with Crippen molar-refractivity contribution in [2.45, 2.75) is 57.8 Å². The molecule has 0 aliphatic rings. The Kier molecular flexibility index (Phi) is 13.1. The zero-order chi connectivity index (χ0) is 40.2. The number of anilines is 1. The molecule has 2 amide bonds. The summed E-state index contributed by atoms with van der Waals surface area (Å²) in [5.41, 5.74) is 6.60. The number of halogens is 2. The number of ether oxygens (including phenoxy) is 2. The zero-order valence-corrected chi connectivity index (χ0v) is 31.5. The van der Waals surface area contributed by atoms with Gasteiger partial charge in [-0.25, -0.2) is 9.59 Å². The summed E-state index contributed by atoms with van der Waals surface area (Å²) < 4.78 is 41.9. The Balaban J connectivity index is 1.05. The van der Waals surface area contributed by atoms with Crippen LogP contribution >= 0.6 is 0 Å². The van der Waals surface area contributed by atoms with Gasteiger partial charge in [-0.1, -0.05) is 128 Å². The number of hydrogen-bond acceptors (Lipinski definition) is 7. The molecule has 1 heterocycles. The lowest BCUT2D eigenvalue weighted by Gasteiger charge is -2.26. The van der Waals surface area contributed by atoms with Gasteiger partial charge in [0.25, 0.3) is 0 Å². The van der Waals surface area contributed by atoms with Gasteiger partial charge in [0.2, 0.25) is 5.91 Å². The van der Waals surface area contributed by atoms with Crippen LogP contribution in [0.25, 0.3) is 22.5 Å². The number of esters is 1. The molecular weight excluding hydrogens is 727 g/mol. The van der Waals surface area contributed by atoms with Gasteiger partial charge in [-0.3, -0.25) is 14.8 Å². The molecule has 0 radical (unpaired) electrons. The standard InChI is InChI=1S/C46H42F2N4O5/c1-3-35-16-10-11-17-39(35)43-42(49-26-27-50-43)36-20-24-38(25-21-36)51-41(53)29-33-18-22-37(23-19-33)46(47,48)31(2)57-44(54)40(28-32-12-6-4-7-13-32)52-45(55)56-30-34-14-8-5-9-15-34/h4-27,31,40H,3,28-30H2,1-2H3,(H,51,53)(H,52,55)/t31-,40+/m0/s1. The molecule has 9 nitrogen and oxygen atoms in total. The van der Waals surface area contributed by atoms with E-state index in [1.807, 2.05) is 36.4 Å². The molecule has 0 saturated heterocycles. The Morgan fingerprint density at radius 1 is 0.719 bits per heavy atom. The van der Waals surface area contributed by atoms with E-state index < -0.39 is 35.7 Å². The number of nitrogens with zero attached hydrogens (tertiary/aromatic N) is 2. The predicted octanol–water partition coefficient (Wildman–Crippen LogP) is 9.12. The minimum atomic E-state index is -3.59. The van der Waals surface area contributed by atoms with Crippen LogP contribution in [0, 0.1) is 0 Å². The number of amides is 2. The van der Waals surface area contributed by atoms with Crippen LogP contribution in [0.3, 0.4) is 0 Å². The first kappa shape index (κ1) is 39.9. The van der Waals surface area contributed by atoms with Gasteiger partial charge in [0.05, 0.1) is 17.8 Å². The fraction of sp³-hybridized carbons (Fsp3) is 0.196. The third kappa shape index (κ3) is 10.5. The molecule has 6 rings (SSSR count). The molecule has 0 bridgehead atoms. The van der Waals surface area contributed by atoms with Crippen molar-refractivity contribution in [2.24, 2.45) is 0 Å². The highest BCUT2D eigenvalue weighted by Gasteiger charge is 2.42. The molecule has 57 heavy (non-hydrogen) atoms. The SMILES string of the molecule is CCc1ccccc1-c1nccnc1-c1ccc(NC(=O)Cc2ccc(C(F)(F)[C@H](C)OC(=O)[C@@H](Cc3ccccc3)NC(=O)OCc3ccccc3)cc2)cc1. The maximum Gasteiger partial charge on any atom is 0.408 e. The summed E-state index contributed by atoms with van der Waals surface area (Å²) in [6.07, 6.45) is 1.32. The monoisotopic (exact) mass is 768 g/mol. The van der Waals surface area contributed by atoms with E-state index in [0.29, 0.717) is 16.8 Å². The minimum Gasteiger partial charge on any atom is -0.454 e. The molecule has 0 aliphatic heterocycles. The van der Waals surface area contributed by atoms with Gasteiger partial charge in [-0.2, -0.15) is 8.78 Å². The lowest BCUT2D eigenvalue weighted by atomic mass is 9.98. The molecule has 290 valence electrons. The summed E-state index contributed by atoms with van der Waals surface area (Å²) in [4.78, 5) is 48.1. The van der Waals surface area contributed by atoms with E-state index >= 15 is 8.78 Å². The van der Waals surface area contributed by atoms with Crippen molar-refractivity contribution in [3.05, 3.63) is 174 Å². The van der Waals surface area contributed by atoms with Crippen molar-refractivity contribution in [3.8, 4) is 22.5 Å². The Bertz CT molecular complexity index is 2270. The average molecular weight is 769 g/mol. The molecule has 2 atom stereocenters. The van der Waals surface area contributed by atoms with E-state index in [4.69, 9.17) is 9.47 Å². The summed E-state index contributed by atoms with van der Waals surface area (Å²) >= 11 is 0. The Morgan fingerprint density at radius 3 is 2.00 bits per heavy atom. The van der Waals surface area contributed by atoms with Crippen molar-refractivity contribution < 1.29 is 32.6 Å². The summed E-state index contributed by atoms with van der Waals surface area (Å²) in [6, 6.07) is 37.1. The molecule has 0 saturated carbocycles. The van der Waals surface area contributed by atoms with Crippen LogP contribution in [-0.2, 0) is 50.9 Å². The second kappa shape index (κ2) is 18.7. The number of benzene rings is 5.